The summed E-state index contributed by atoms with van der Waals surface area (Å²) in [5.41, 5.74) is 6.89. The van der Waals surface area contributed by atoms with Gasteiger partial charge in [0.25, 0.3) is 0 Å². The second kappa shape index (κ2) is 6.28. The van der Waals surface area contributed by atoms with Gasteiger partial charge >= 0.3 is 5.97 Å². The summed E-state index contributed by atoms with van der Waals surface area (Å²) in [6, 6.07) is 9.40. The summed E-state index contributed by atoms with van der Waals surface area (Å²) in [6.45, 7) is 4.06. The molecular weight excluding hydrogens is 202 g/mol. The molecule has 88 valence electrons. The van der Waals surface area contributed by atoms with Crippen molar-refractivity contribution in [2.75, 3.05) is 6.61 Å². The Hall–Kier alpha value is -1.35. The molecule has 0 heterocycles. The van der Waals surface area contributed by atoms with Crippen molar-refractivity contribution in [3.8, 4) is 0 Å². The zero-order chi connectivity index (χ0) is 12.0. The fourth-order valence-corrected chi connectivity index (χ4v) is 1.28. The number of carbonyl (C=O) groups is 1. The van der Waals surface area contributed by atoms with Gasteiger partial charge in [-0.15, -0.1) is 0 Å². The highest BCUT2D eigenvalue weighted by atomic mass is 16.5. The first kappa shape index (κ1) is 12.7. The molecule has 0 aliphatic carbocycles. The van der Waals surface area contributed by atoms with E-state index in [1.54, 1.807) is 0 Å². The zero-order valence-corrected chi connectivity index (χ0v) is 9.85. The normalized spacial score (nSPS) is 14.2. The van der Waals surface area contributed by atoms with E-state index in [-0.39, 0.29) is 24.5 Å². The molecule has 0 spiro atoms. The first-order valence-electron chi connectivity index (χ1n) is 5.62. The topological polar surface area (TPSA) is 52.3 Å². The molecule has 1 aromatic carbocycles. The number of carbonyl (C=O) groups excluding carboxylic acids is 1. The van der Waals surface area contributed by atoms with Crippen molar-refractivity contribution >= 4 is 5.97 Å². The van der Waals surface area contributed by atoms with Crippen LogP contribution in [0.3, 0.4) is 0 Å². The smallest absolute Gasteiger partial charge is 0.308 e. The highest BCUT2D eigenvalue weighted by molar-refractivity contribution is 5.71. The van der Waals surface area contributed by atoms with Gasteiger partial charge in [0.1, 0.15) is 6.61 Å². The van der Waals surface area contributed by atoms with Crippen LogP contribution in [0.4, 0.5) is 0 Å². The lowest BCUT2D eigenvalue weighted by molar-refractivity contribution is -0.148. The molecule has 3 nitrogen and oxygen atoms in total. The first-order valence-corrected chi connectivity index (χ1v) is 5.62. The van der Waals surface area contributed by atoms with E-state index in [0.29, 0.717) is 0 Å². The average Bonchev–Trinajstić information content (AvgIpc) is 2.35. The van der Waals surface area contributed by atoms with Gasteiger partial charge in [-0.2, -0.15) is 0 Å². The van der Waals surface area contributed by atoms with E-state index in [2.05, 4.69) is 0 Å². The van der Waals surface area contributed by atoms with Crippen molar-refractivity contribution in [1.29, 1.82) is 0 Å². The summed E-state index contributed by atoms with van der Waals surface area (Å²) in [7, 11) is 0. The van der Waals surface area contributed by atoms with Crippen LogP contribution in [0, 0.1) is 5.92 Å². The number of ether oxygens (including phenoxy) is 1. The van der Waals surface area contributed by atoms with E-state index in [1.807, 2.05) is 44.2 Å². The number of benzene rings is 1. The summed E-state index contributed by atoms with van der Waals surface area (Å²) >= 11 is 0. The van der Waals surface area contributed by atoms with Gasteiger partial charge in [0, 0.05) is 0 Å². The second-order valence-corrected chi connectivity index (χ2v) is 3.96. The van der Waals surface area contributed by atoms with Crippen LogP contribution in [-0.4, -0.2) is 12.6 Å². The first-order chi connectivity index (χ1) is 7.65. The molecule has 16 heavy (non-hydrogen) atoms. The Kier molecular flexibility index (Phi) is 4.99. The Balaban J connectivity index is 2.42. The standard InChI is InChI=1S/C13H19NO2/c1-3-10(2)13(15)16-9-12(14)11-7-5-4-6-8-11/h4-8,10,12H,3,9,14H2,1-2H3. The molecule has 0 aliphatic heterocycles. The molecule has 0 saturated carbocycles. The molecule has 2 unspecified atom stereocenters. The summed E-state index contributed by atoms with van der Waals surface area (Å²) < 4.78 is 5.15. The van der Waals surface area contributed by atoms with Crippen LogP contribution in [0.25, 0.3) is 0 Å². The Morgan fingerprint density at radius 3 is 2.56 bits per heavy atom. The fraction of sp³-hybridized carbons (Fsp3) is 0.462. The molecular formula is C13H19NO2. The van der Waals surface area contributed by atoms with Crippen LogP contribution >= 0.6 is 0 Å². The van der Waals surface area contributed by atoms with Crippen molar-refractivity contribution < 1.29 is 9.53 Å². The maximum absolute atomic E-state index is 11.4. The van der Waals surface area contributed by atoms with Crippen molar-refractivity contribution in [1.82, 2.24) is 0 Å². The van der Waals surface area contributed by atoms with Gasteiger partial charge in [-0.25, -0.2) is 0 Å². The quantitative estimate of drug-likeness (QED) is 0.776. The third-order valence-corrected chi connectivity index (χ3v) is 2.65. The van der Waals surface area contributed by atoms with Crippen molar-refractivity contribution in [3.05, 3.63) is 35.9 Å². The SMILES string of the molecule is CCC(C)C(=O)OCC(N)c1ccccc1. The molecule has 0 saturated heterocycles. The van der Waals surface area contributed by atoms with E-state index in [0.717, 1.165) is 12.0 Å². The highest BCUT2D eigenvalue weighted by Gasteiger charge is 2.14. The lowest BCUT2D eigenvalue weighted by Crippen LogP contribution is -2.22. The summed E-state index contributed by atoms with van der Waals surface area (Å²) in [5.74, 6) is -0.225. The van der Waals surface area contributed by atoms with Crippen LogP contribution in [-0.2, 0) is 9.53 Å². The van der Waals surface area contributed by atoms with Crippen LogP contribution < -0.4 is 5.73 Å². The molecule has 0 aromatic heterocycles. The van der Waals surface area contributed by atoms with E-state index >= 15 is 0 Å². The summed E-state index contributed by atoms with van der Waals surface area (Å²) in [4.78, 5) is 11.4. The zero-order valence-electron chi connectivity index (χ0n) is 9.85. The Morgan fingerprint density at radius 2 is 2.00 bits per heavy atom. The van der Waals surface area contributed by atoms with E-state index in [1.165, 1.54) is 0 Å². The van der Waals surface area contributed by atoms with Crippen LogP contribution in [0.1, 0.15) is 31.9 Å². The van der Waals surface area contributed by atoms with Gasteiger partial charge in [-0.05, 0) is 12.0 Å². The van der Waals surface area contributed by atoms with Crippen LogP contribution in [0.5, 0.6) is 0 Å². The number of nitrogens with two attached hydrogens (primary N) is 1. The Bertz CT molecular complexity index is 324. The molecule has 3 heteroatoms. The third-order valence-electron chi connectivity index (χ3n) is 2.65. The average molecular weight is 221 g/mol. The minimum atomic E-state index is -0.241. The van der Waals surface area contributed by atoms with Gasteiger partial charge < -0.3 is 10.5 Å². The van der Waals surface area contributed by atoms with Crippen LogP contribution in [0.15, 0.2) is 30.3 Å². The predicted molar refractivity (Wildman–Crippen MR) is 63.8 cm³/mol. The number of hydrogen-bond donors (Lipinski definition) is 1. The lowest BCUT2D eigenvalue weighted by atomic mass is 10.1. The molecule has 2 N–H and O–H groups in total. The maximum Gasteiger partial charge on any atom is 0.308 e. The van der Waals surface area contributed by atoms with E-state index in [9.17, 15) is 4.79 Å². The number of hydrogen-bond acceptors (Lipinski definition) is 3. The minimum Gasteiger partial charge on any atom is -0.463 e. The predicted octanol–water partition coefficient (Wildman–Crippen LogP) is 2.28. The maximum atomic E-state index is 11.4. The minimum absolute atomic E-state index is 0.0528. The van der Waals surface area contributed by atoms with Crippen molar-refractivity contribution in [2.24, 2.45) is 11.7 Å². The number of rotatable bonds is 5. The molecule has 0 bridgehead atoms. The third kappa shape index (κ3) is 3.66. The number of esters is 1. The molecule has 2 atom stereocenters. The molecule has 0 radical (unpaired) electrons. The van der Waals surface area contributed by atoms with E-state index in [4.69, 9.17) is 10.5 Å². The lowest BCUT2D eigenvalue weighted by Gasteiger charge is -2.14. The summed E-state index contributed by atoms with van der Waals surface area (Å²) in [6.07, 6.45) is 0.791. The molecule has 0 aliphatic rings. The Labute approximate surface area is 96.6 Å². The van der Waals surface area contributed by atoms with Gasteiger partial charge in [0.15, 0.2) is 0 Å². The van der Waals surface area contributed by atoms with E-state index < -0.39 is 0 Å². The largest absolute Gasteiger partial charge is 0.463 e. The Morgan fingerprint density at radius 1 is 1.38 bits per heavy atom. The summed E-state index contributed by atoms with van der Waals surface area (Å²) in [5, 5.41) is 0. The monoisotopic (exact) mass is 221 g/mol. The van der Waals surface area contributed by atoms with Gasteiger partial charge in [-0.1, -0.05) is 44.2 Å². The fourth-order valence-electron chi connectivity index (χ4n) is 1.28. The van der Waals surface area contributed by atoms with Gasteiger partial charge in [0.2, 0.25) is 0 Å². The van der Waals surface area contributed by atoms with Gasteiger partial charge in [-0.3, -0.25) is 4.79 Å². The second-order valence-electron chi connectivity index (χ2n) is 3.96. The molecule has 1 rings (SSSR count). The van der Waals surface area contributed by atoms with Crippen molar-refractivity contribution in [3.63, 3.8) is 0 Å². The van der Waals surface area contributed by atoms with Crippen molar-refractivity contribution in [2.45, 2.75) is 26.3 Å². The highest BCUT2D eigenvalue weighted by Crippen LogP contribution is 2.11. The molecule has 1 aromatic rings. The molecule has 0 fully saturated rings. The van der Waals surface area contributed by atoms with Crippen LogP contribution in [0.2, 0.25) is 0 Å². The molecule has 0 amide bonds. The van der Waals surface area contributed by atoms with Gasteiger partial charge in [0.05, 0.1) is 12.0 Å².